The standard InChI is InChI=1S/C27H31ClN6O5/c1-3-5-23(16-7-9-21(26(36)37)22(30)12-16)32-27(38)34-15-24(33-39-4-2)31-14-19(25(34)35)10-18-11-20(28)8-6-17(18)13-29/h6-9,11-12,19,23H,3-5,10,14-15,30H2,1-2H3,(H,31,33)(H,32,38)(H,36,37). The molecule has 0 fully saturated rings. The molecule has 206 valence electrons. The Bertz CT molecular complexity index is 1310. The molecule has 0 spiro atoms. The number of hydrogen-bond acceptors (Lipinski definition) is 8. The van der Waals surface area contributed by atoms with E-state index in [9.17, 15) is 24.8 Å². The number of nitrogens with one attached hydrogen (secondary N) is 2. The van der Waals surface area contributed by atoms with Crippen LogP contribution in [0.4, 0.5) is 10.5 Å². The van der Waals surface area contributed by atoms with Gasteiger partial charge < -0.3 is 16.2 Å². The third kappa shape index (κ3) is 7.46. The molecule has 0 aliphatic carbocycles. The lowest BCUT2D eigenvalue weighted by Gasteiger charge is -2.27. The number of amidine groups is 1. The quantitative estimate of drug-likeness (QED) is 0.268. The van der Waals surface area contributed by atoms with Gasteiger partial charge in [0, 0.05) is 10.7 Å². The Morgan fingerprint density at radius 1 is 1.31 bits per heavy atom. The van der Waals surface area contributed by atoms with Gasteiger partial charge in [0.1, 0.15) is 5.84 Å². The van der Waals surface area contributed by atoms with Crippen molar-refractivity contribution in [2.75, 3.05) is 25.4 Å². The molecule has 39 heavy (non-hydrogen) atoms. The summed E-state index contributed by atoms with van der Waals surface area (Å²) in [5.74, 6) is -2.05. The second-order valence-electron chi connectivity index (χ2n) is 9.00. The number of rotatable bonds is 9. The van der Waals surface area contributed by atoms with Crippen LogP contribution in [-0.4, -0.2) is 53.4 Å². The summed E-state index contributed by atoms with van der Waals surface area (Å²) in [5, 5.41) is 22.1. The van der Waals surface area contributed by atoms with Crippen molar-refractivity contribution in [3.8, 4) is 6.07 Å². The summed E-state index contributed by atoms with van der Waals surface area (Å²) in [6.07, 6.45) is 1.38. The van der Waals surface area contributed by atoms with Crippen molar-refractivity contribution < 1.29 is 24.3 Å². The van der Waals surface area contributed by atoms with Gasteiger partial charge in [0.05, 0.1) is 48.9 Å². The van der Waals surface area contributed by atoms with Crippen molar-refractivity contribution in [1.29, 1.82) is 5.26 Å². The lowest BCUT2D eigenvalue weighted by molar-refractivity contribution is -0.131. The molecule has 0 bridgehead atoms. The summed E-state index contributed by atoms with van der Waals surface area (Å²) in [4.78, 5) is 49.4. The lowest BCUT2D eigenvalue weighted by Crippen LogP contribution is -2.50. The van der Waals surface area contributed by atoms with Crippen LogP contribution in [0.3, 0.4) is 0 Å². The van der Waals surface area contributed by atoms with Crippen molar-refractivity contribution in [2.45, 2.75) is 39.2 Å². The van der Waals surface area contributed by atoms with E-state index in [1.54, 1.807) is 31.2 Å². The summed E-state index contributed by atoms with van der Waals surface area (Å²) < 4.78 is 0. The molecule has 5 N–H and O–H groups in total. The summed E-state index contributed by atoms with van der Waals surface area (Å²) in [7, 11) is 0. The highest BCUT2D eigenvalue weighted by molar-refractivity contribution is 6.30. The molecule has 0 aromatic heterocycles. The summed E-state index contributed by atoms with van der Waals surface area (Å²) in [5.41, 5.74) is 10.3. The van der Waals surface area contributed by atoms with E-state index >= 15 is 0 Å². The smallest absolute Gasteiger partial charge is 0.337 e. The maximum Gasteiger partial charge on any atom is 0.337 e. The van der Waals surface area contributed by atoms with E-state index in [4.69, 9.17) is 22.2 Å². The molecule has 3 rings (SSSR count). The molecule has 1 heterocycles. The number of hydroxylamine groups is 1. The van der Waals surface area contributed by atoms with Crippen molar-refractivity contribution in [1.82, 2.24) is 15.7 Å². The van der Waals surface area contributed by atoms with Crippen LogP contribution in [0.15, 0.2) is 41.4 Å². The normalized spacial score (nSPS) is 16.1. The first-order valence-electron chi connectivity index (χ1n) is 12.5. The molecule has 11 nitrogen and oxygen atoms in total. The number of carbonyl (C=O) groups is 3. The first-order valence-corrected chi connectivity index (χ1v) is 12.9. The molecular weight excluding hydrogens is 524 g/mol. The van der Waals surface area contributed by atoms with E-state index in [0.29, 0.717) is 47.0 Å². The highest BCUT2D eigenvalue weighted by atomic mass is 35.5. The van der Waals surface area contributed by atoms with Gasteiger partial charge in [-0.15, -0.1) is 0 Å². The van der Waals surface area contributed by atoms with Crippen LogP contribution in [0.1, 0.15) is 59.8 Å². The molecule has 12 heteroatoms. The van der Waals surface area contributed by atoms with E-state index in [2.05, 4.69) is 21.9 Å². The van der Waals surface area contributed by atoms with Crippen LogP contribution in [0.5, 0.6) is 0 Å². The SMILES string of the molecule is CCCC(NC(=O)N1CC(NOCC)=NCC(Cc2cc(Cl)ccc2C#N)C1=O)c1ccc(C(=O)O)c(N)c1. The number of halogens is 1. The highest BCUT2D eigenvalue weighted by Crippen LogP contribution is 2.25. The van der Waals surface area contributed by atoms with Crippen LogP contribution in [0, 0.1) is 17.2 Å². The predicted octanol–water partition coefficient (Wildman–Crippen LogP) is 3.68. The Kier molecular flexibility index (Phi) is 10.3. The first kappa shape index (κ1) is 29.4. The zero-order valence-corrected chi connectivity index (χ0v) is 22.5. The number of aromatic carboxylic acids is 1. The lowest BCUT2D eigenvalue weighted by atomic mass is 9.95. The van der Waals surface area contributed by atoms with E-state index in [1.807, 2.05) is 6.92 Å². The monoisotopic (exact) mass is 554 g/mol. The van der Waals surface area contributed by atoms with Gasteiger partial charge in [-0.25, -0.2) is 9.59 Å². The van der Waals surface area contributed by atoms with Gasteiger partial charge >= 0.3 is 12.0 Å². The second kappa shape index (κ2) is 13.6. The van der Waals surface area contributed by atoms with E-state index in [-0.39, 0.29) is 30.8 Å². The maximum absolute atomic E-state index is 13.7. The number of nitriles is 1. The van der Waals surface area contributed by atoms with Crippen LogP contribution in [0.2, 0.25) is 5.02 Å². The second-order valence-corrected chi connectivity index (χ2v) is 9.44. The molecule has 3 amide bonds. The summed E-state index contributed by atoms with van der Waals surface area (Å²) in [6, 6.07) is 10.3. The Balaban J connectivity index is 1.90. The molecule has 2 atom stereocenters. The number of carboxylic acid groups (broad SMARTS) is 1. The van der Waals surface area contributed by atoms with Crippen LogP contribution in [-0.2, 0) is 16.1 Å². The fourth-order valence-electron chi connectivity index (χ4n) is 4.28. The molecular formula is C27H31ClN6O5. The van der Waals surface area contributed by atoms with Gasteiger partial charge in [0.25, 0.3) is 0 Å². The number of anilines is 1. The average molecular weight is 555 g/mol. The zero-order chi connectivity index (χ0) is 28.5. The number of aliphatic imine (C=N–C) groups is 1. The number of hydrogen-bond donors (Lipinski definition) is 4. The molecule has 0 saturated heterocycles. The van der Waals surface area contributed by atoms with Crippen molar-refractivity contribution in [2.24, 2.45) is 10.9 Å². The number of imide groups is 1. The Hall–Kier alpha value is -4.14. The number of nitrogens with two attached hydrogens (primary N) is 1. The molecule has 0 saturated carbocycles. The third-order valence-electron chi connectivity index (χ3n) is 6.24. The van der Waals surface area contributed by atoms with Crippen molar-refractivity contribution in [3.63, 3.8) is 0 Å². The minimum absolute atomic E-state index is 0.0357. The fraction of sp³-hybridized carbons (Fsp3) is 0.370. The minimum Gasteiger partial charge on any atom is -0.478 e. The van der Waals surface area contributed by atoms with E-state index in [1.165, 1.54) is 12.1 Å². The van der Waals surface area contributed by atoms with Crippen LogP contribution < -0.4 is 16.5 Å². The van der Waals surface area contributed by atoms with Gasteiger partial charge in [0.2, 0.25) is 5.91 Å². The molecule has 2 unspecified atom stereocenters. The first-order chi connectivity index (χ1) is 18.7. The average Bonchev–Trinajstić information content (AvgIpc) is 3.05. The summed E-state index contributed by atoms with van der Waals surface area (Å²) >= 11 is 6.14. The molecule has 0 radical (unpaired) electrons. The largest absolute Gasteiger partial charge is 0.478 e. The molecule has 2 aromatic rings. The molecule has 2 aromatic carbocycles. The number of urea groups is 1. The van der Waals surface area contributed by atoms with Gasteiger partial charge in [-0.1, -0.05) is 31.0 Å². The zero-order valence-electron chi connectivity index (χ0n) is 21.7. The van der Waals surface area contributed by atoms with Gasteiger partial charge in [0.15, 0.2) is 0 Å². The number of amides is 3. The van der Waals surface area contributed by atoms with Gasteiger partial charge in [-0.3, -0.25) is 25.0 Å². The molecule has 1 aliphatic heterocycles. The van der Waals surface area contributed by atoms with Gasteiger partial charge in [-0.2, -0.15) is 5.26 Å². The minimum atomic E-state index is -1.15. The number of benzene rings is 2. The fourth-order valence-corrected chi connectivity index (χ4v) is 4.47. The van der Waals surface area contributed by atoms with Crippen LogP contribution in [0.25, 0.3) is 0 Å². The highest BCUT2D eigenvalue weighted by Gasteiger charge is 2.34. The van der Waals surface area contributed by atoms with E-state index in [0.717, 1.165) is 4.90 Å². The topological polar surface area (TPSA) is 170 Å². The molecule has 1 aliphatic rings. The summed E-state index contributed by atoms with van der Waals surface area (Å²) in [6.45, 7) is 3.97. The van der Waals surface area contributed by atoms with E-state index < -0.39 is 29.9 Å². The van der Waals surface area contributed by atoms with Crippen molar-refractivity contribution in [3.05, 3.63) is 63.7 Å². The van der Waals surface area contributed by atoms with Crippen LogP contribution >= 0.6 is 11.6 Å². The number of nitrogens with zero attached hydrogens (tertiary/aromatic N) is 3. The Labute approximate surface area is 231 Å². The number of nitrogen functional groups attached to an aromatic ring is 1. The predicted molar refractivity (Wildman–Crippen MR) is 146 cm³/mol. The van der Waals surface area contributed by atoms with Gasteiger partial charge in [-0.05, 0) is 61.2 Å². The maximum atomic E-state index is 13.7. The Morgan fingerprint density at radius 2 is 2.08 bits per heavy atom. The number of carboxylic acids is 1. The van der Waals surface area contributed by atoms with Crippen molar-refractivity contribution >= 4 is 41.0 Å². The number of carbonyl (C=O) groups excluding carboxylic acids is 2. The third-order valence-corrected chi connectivity index (χ3v) is 6.48. The Morgan fingerprint density at radius 3 is 2.72 bits per heavy atom.